The summed E-state index contributed by atoms with van der Waals surface area (Å²) < 4.78 is 3.92. The van der Waals surface area contributed by atoms with Crippen LogP contribution in [0.1, 0.15) is 26.1 Å². The number of carbonyl (C=O) groups excluding carboxylic acids is 1. The standard InChI is InChI=1S/C17H26N6O3/c1-10-5-11(2)7-22(6-10)9-13-19-15-14(23(13)8-12(18)24)16(25)21(4)17(26)20(15)3/h10-11H,5-9H2,1-4H3,(H2,18,24). The van der Waals surface area contributed by atoms with Crippen LogP contribution in [0.4, 0.5) is 0 Å². The van der Waals surface area contributed by atoms with Crippen LogP contribution in [-0.4, -0.2) is 42.6 Å². The number of amides is 1. The van der Waals surface area contributed by atoms with Gasteiger partial charge in [0.25, 0.3) is 5.56 Å². The number of hydrogen-bond acceptors (Lipinski definition) is 5. The molecule has 0 aromatic carbocycles. The van der Waals surface area contributed by atoms with E-state index in [0.29, 0.717) is 24.2 Å². The molecule has 0 radical (unpaired) electrons. The van der Waals surface area contributed by atoms with E-state index in [1.165, 1.54) is 18.0 Å². The van der Waals surface area contributed by atoms with E-state index in [0.717, 1.165) is 17.7 Å². The van der Waals surface area contributed by atoms with Crippen molar-refractivity contribution in [2.75, 3.05) is 13.1 Å². The predicted molar refractivity (Wildman–Crippen MR) is 97.6 cm³/mol. The molecular weight excluding hydrogens is 336 g/mol. The van der Waals surface area contributed by atoms with Crippen molar-refractivity contribution in [1.82, 2.24) is 23.6 Å². The molecular formula is C17H26N6O3. The topological polar surface area (TPSA) is 108 Å². The number of aromatic nitrogens is 4. The maximum Gasteiger partial charge on any atom is 0.332 e. The number of aryl methyl sites for hydroxylation is 1. The molecule has 2 unspecified atom stereocenters. The van der Waals surface area contributed by atoms with Crippen molar-refractivity contribution in [3.8, 4) is 0 Å². The Hall–Kier alpha value is -2.42. The lowest BCUT2D eigenvalue weighted by molar-refractivity contribution is -0.118. The van der Waals surface area contributed by atoms with E-state index >= 15 is 0 Å². The third-order valence-electron chi connectivity index (χ3n) is 5.05. The molecule has 0 aliphatic carbocycles. The summed E-state index contributed by atoms with van der Waals surface area (Å²) in [7, 11) is 2.99. The summed E-state index contributed by atoms with van der Waals surface area (Å²) in [6.45, 7) is 6.66. The molecule has 2 N–H and O–H groups in total. The van der Waals surface area contributed by atoms with Crippen LogP contribution in [0.5, 0.6) is 0 Å². The third-order valence-corrected chi connectivity index (χ3v) is 5.05. The third kappa shape index (κ3) is 3.18. The number of primary amides is 1. The molecule has 142 valence electrons. The first kappa shape index (κ1) is 18.4. The van der Waals surface area contributed by atoms with E-state index in [9.17, 15) is 14.4 Å². The molecule has 26 heavy (non-hydrogen) atoms. The van der Waals surface area contributed by atoms with Crippen LogP contribution < -0.4 is 17.0 Å². The second kappa shape index (κ2) is 6.71. The fourth-order valence-corrected chi connectivity index (χ4v) is 4.06. The normalized spacial score (nSPS) is 21.4. The van der Waals surface area contributed by atoms with Crippen LogP contribution in [0.2, 0.25) is 0 Å². The van der Waals surface area contributed by atoms with Gasteiger partial charge in [-0.3, -0.25) is 23.6 Å². The summed E-state index contributed by atoms with van der Waals surface area (Å²) in [6, 6.07) is 0. The number of fused-ring (bicyclic) bond motifs is 1. The highest BCUT2D eigenvalue weighted by atomic mass is 16.2. The van der Waals surface area contributed by atoms with Gasteiger partial charge in [0.05, 0.1) is 6.54 Å². The van der Waals surface area contributed by atoms with Gasteiger partial charge in [0, 0.05) is 27.2 Å². The molecule has 1 aliphatic heterocycles. The first-order valence-electron chi connectivity index (χ1n) is 8.84. The van der Waals surface area contributed by atoms with Gasteiger partial charge in [0.15, 0.2) is 11.2 Å². The molecule has 2 aromatic rings. The van der Waals surface area contributed by atoms with Crippen molar-refractivity contribution in [2.24, 2.45) is 31.7 Å². The van der Waals surface area contributed by atoms with Gasteiger partial charge in [-0.2, -0.15) is 0 Å². The molecule has 9 heteroatoms. The zero-order valence-corrected chi connectivity index (χ0v) is 15.7. The lowest BCUT2D eigenvalue weighted by Gasteiger charge is -2.34. The summed E-state index contributed by atoms with van der Waals surface area (Å²) in [5.74, 6) is 1.18. The summed E-state index contributed by atoms with van der Waals surface area (Å²) >= 11 is 0. The number of carbonyl (C=O) groups is 1. The molecule has 0 bridgehead atoms. The van der Waals surface area contributed by atoms with E-state index in [4.69, 9.17) is 5.73 Å². The van der Waals surface area contributed by atoms with E-state index in [1.807, 2.05) is 0 Å². The minimum Gasteiger partial charge on any atom is -0.368 e. The summed E-state index contributed by atoms with van der Waals surface area (Å²) in [5.41, 5.74) is 5.01. The Kier molecular flexibility index (Phi) is 4.74. The Labute approximate surface area is 151 Å². The van der Waals surface area contributed by atoms with Crippen LogP contribution in [0.3, 0.4) is 0 Å². The molecule has 9 nitrogen and oxygen atoms in total. The molecule has 1 aliphatic rings. The smallest absolute Gasteiger partial charge is 0.332 e. The number of hydrogen-bond donors (Lipinski definition) is 1. The monoisotopic (exact) mass is 362 g/mol. The number of rotatable bonds is 4. The Morgan fingerprint density at radius 2 is 1.77 bits per heavy atom. The largest absolute Gasteiger partial charge is 0.368 e. The highest BCUT2D eigenvalue weighted by molar-refractivity contribution is 5.78. The van der Waals surface area contributed by atoms with Crippen LogP contribution in [0.15, 0.2) is 9.59 Å². The molecule has 0 saturated carbocycles. The minimum atomic E-state index is -0.554. The van der Waals surface area contributed by atoms with Gasteiger partial charge in [-0.15, -0.1) is 0 Å². The van der Waals surface area contributed by atoms with Crippen molar-refractivity contribution in [2.45, 2.75) is 33.4 Å². The fraction of sp³-hybridized carbons (Fsp3) is 0.647. The molecule has 1 saturated heterocycles. The number of nitrogens with two attached hydrogens (primary N) is 1. The number of imidazole rings is 1. The van der Waals surface area contributed by atoms with Gasteiger partial charge in [-0.05, 0) is 18.3 Å². The Morgan fingerprint density at radius 1 is 1.15 bits per heavy atom. The van der Waals surface area contributed by atoms with Crippen molar-refractivity contribution < 1.29 is 4.79 Å². The quantitative estimate of drug-likeness (QED) is 0.781. The van der Waals surface area contributed by atoms with E-state index in [1.54, 1.807) is 11.6 Å². The van der Waals surface area contributed by atoms with Gasteiger partial charge in [0.2, 0.25) is 5.91 Å². The van der Waals surface area contributed by atoms with E-state index in [2.05, 4.69) is 23.7 Å². The van der Waals surface area contributed by atoms with Gasteiger partial charge >= 0.3 is 5.69 Å². The highest BCUT2D eigenvalue weighted by Gasteiger charge is 2.25. The van der Waals surface area contributed by atoms with Gasteiger partial charge in [-0.25, -0.2) is 9.78 Å². The van der Waals surface area contributed by atoms with Crippen LogP contribution in [0, 0.1) is 11.8 Å². The molecule has 2 atom stereocenters. The van der Waals surface area contributed by atoms with Crippen molar-refractivity contribution in [3.63, 3.8) is 0 Å². The second-order valence-corrected chi connectivity index (χ2v) is 7.60. The number of likely N-dealkylation sites (tertiary alicyclic amines) is 1. The molecule has 2 aromatic heterocycles. The van der Waals surface area contributed by atoms with E-state index < -0.39 is 17.2 Å². The van der Waals surface area contributed by atoms with E-state index in [-0.39, 0.29) is 17.7 Å². The SMILES string of the molecule is CC1CC(C)CN(Cc2nc3c(c(=O)n(C)c(=O)n3C)n2CC(N)=O)C1. The molecule has 3 heterocycles. The zero-order valence-electron chi connectivity index (χ0n) is 15.7. The Morgan fingerprint density at radius 3 is 2.35 bits per heavy atom. The first-order valence-corrected chi connectivity index (χ1v) is 8.84. The highest BCUT2D eigenvalue weighted by Crippen LogP contribution is 2.23. The van der Waals surface area contributed by atoms with Gasteiger partial charge in [0.1, 0.15) is 12.4 Å². The van der Waals surface area contributed by atoms with Crippen LogP contribution >= 0.6 is 0 Å². The lowest BCUT2D eigenvalue weighted by atomic mass is 9.92. The molecule has 0 spiro atoms. The van der Waals surface area contributed by atoms with Crippen molar-refractivity contribution >= 4 is 17.1 Å². The minimum absolute atomic E-state index is 0.141. The molecule has 3 rings (SSSR count). The molecule has 1 fully saturated rings. The summed E-state index contributed by atoms with van der Waals surface area (Å²) in [6.07, 6.45) is 1.18. The number of nitrogens with zero attached hydrogens (tertiary/aromatic N) is 5. The lowest BCUT2D eigenvalue weighted by Crippen LogP contribution is -2.39. The number of piperidine rings is 1. The Balaban J connectivity index is 2.14. The average molecular weight is 362 g/mol. The first-order chi connectivity index (χ1) is 12.2. The average Bonchev–Trinajstić information content (AvgIpc) is 2.88. The maximum absolute atomic E-state index is 12.6. The van der Waals surface area contributed by atoms with Crippen molar-refractivity contribution in [1.29, 1.82) is 0 Å². The Bertz CT molecular complexity index is 960. The van der Waals surface area contributed by atoms with Crippen molar-refractivity contribution in [3.05, 3.63) is 26.7 Å². The fourth-order valence-electron chi connectivity index (χ4n) is 4.06. The second-order valence-electron chi connectivity index (χ2n) is 7.60. The van der Waals surface area contributed by atoms with Crippen LogP contribution in [-0.2, 0) is 32.0 Å². The van der Waals surface area contributed by atoms with Gasteiger partial charge in [-0.1, -0.05) is 13.8 Å². The maximum atomic E-state index is 12.6. The summed E-state index contributed by atoms with van der Waals surface area (Å²) in [4.78, 5) is 43.2. The van der Waals surface area contributed by atoms with Gasteiger partial charge < -0.3 is 10.3 Å². The summed E-state index contributed by atoms with van der Waals surface area (Å²) in [5, 5.41) is 0. The predicted octanol–water partition coefficient (Wildman–Crippen LogP) is -0.603. The van der Waals surface area contributed by atoms with Crippen LogP contribution in [0.25, 0.3) is 11.2 Å². The molecule has 1 amide bonds. The zero-order chi connectivity index (χ0) is 19.2.